The van der Waals surface area contributed by atoms with Crippen LogP contribution < -0.4 is 5.73 Å². The first-order chi connectivity index (χ1) is 4.61. The van der Waals surface area contributed by atoms with Crippen LogP contribution in [0.4, 0.5) is 0 Å². The summed E-state index contributed by atoms with van der Waals surface area (Å²) >= 11 is 0. The van der Waals surface area contributed by atoms with Crippen molar-refractivity contribution in [2.45, 2.75) is 13.8 Å². The molecule has 1 heterocycles. The van der Waals surface area contributed by atoms with Gasteiger partial charge in [-0.3, -0.25) is 4.79 Å². The fraction of sp³-hybridized carbons (Fsp3) is 0.286. The lowest BCUT2D eigenvalue weighted by atomic mass is 10.2. The van der Waals surface area contributed by atoms with Gasteiger partial charge in [-0.05, 0) is 19.9 Å². The highest BCUT2D eigenvalue weighted by Crippen LogP contribution is 2.11. The summed E-state index contributed by atoms with van der Waals surface area (Å²) in [6.07, 6.45) is 0. The molecule has 2 N–H and O–H groups in total. The molecule has 10 heavy (non-hydrogen) atoms. The van der Waals surface area contributed by atoms with Crippen molar-refractivity contribution in [1.82, 2.24) is 0 Å². The first-order valence-corrected chi connectivity index (χ1v) is 2.98. The first kappa shape index (κ1) is 6.86. The number of amides is 1. The van der Waals surface area contributed by atoms with Crippen molar-refractivity contribution in [3.8, 4) is 0 Å². The maximum absolute atomic E-state index is 10.6. The number of carbonyl (C=O) groups excluding carboxylic acids is 1. The van der Waals surface area contributed by atoms with Crippen LogP contribution in [0.1, 0.15) is 21.9 Å². The minimum atomic E-state index is -0.436. The maximum atomic E-state index is 10.6. The van der Waals surface area contributed by atoms with Gasteiger partial charge < -0.3 is 10.2 Å². The highest BCUT2D eigenvalue weighted by atomic mass is 16.3. The van der Waals surface area contributed by atoms with E-state index in [4.69, 9.17) is 10.2 Å². The Morgan fingerprint density at radius 3 is 2.40 bits per heavy atom. The third kappa shape index (κ3) is 1.03. The predicted molar refractivity (Wildman–Crippen MR) is 36.7 cm³/mol. The van der Waals surface area contributed by atoms with Gasteiger partial charge in [0.2, 0.25) is 0 Å². The molecule has 0 atom stereocenters. The van der Waals surface area contributed by atoms with E-state index in [1.807, 2.05) is 0 Å². The average Bonchev–Trinajstić information content (AvgIpc) is 2.10. The van der Waals surface area contributed by atoms with E-state index in [-0.39, 0.29) is 0 Å². The number of carbonyl (C=O) groups is 1. The molecule has 0 saturated carbocycles. The van der Waals surface area contributed by atoms with Crippen molar-refractivity contribution >= 4 is 5.91 Å². The number of furan rings is 1. The van der Waals surface area contributed by atoms with Gasteiger partial charge in [0.1, 0.15) is 11.5 Å². The molecule has 54 valence electrons. The fourth-order valence-corrected chi connectivity index (χ4v) is 0.875. The number of hydrogen-bond donors (Lipinski definition) is 1. The normalized spacial score (nSPS) is 9.80. The summed E-state index contributed by atoms with van der Waals surface area (Å²) in [4.78, 5) is 10.6. The Morgan fingerprint density at radius 1 is 1.60 bits per heavy atom. The van der Waals surface area contributed by atoms with Crippen LogP contribution in [0.15, 0.2) is 10.5 Å². The Balaban J connectivity index is 3.15. The Hall–Kier alpha value is -1.25. The van der Waals surface area contributed by atoms with Crippen LogP contribution in [-0.4, -0.2) is 5.91 Å². The number of aryl methyl sites for hydroxylation is 2. The molecular formula is C7H9NO2. The van der Waals surface area contributed by atoms with Gasteiger partial charge in [-0.2, -0.15) is 0 Å². The molecule has 0 aliphatic heterocycles. The standard InChI is InChI=1S/C7H9NO2/c1-4-3-6(7(8)9)5(2)10-4/h3H,1-2H3,(H2,8,9). The lowest BCUT2D eigenvalue weighted by molar-refractivity contribution is 0.0999. The summed E-state index contributed by atoms with van der Waals surface area (Å²) in [7, 11) is 0. The second kappa shape index (κ2) is 2.17. The van der Waals surface area contributed by atoms with Gasteiger partial charge in [-0.15, -0.1) is 0 Å². The molecule has 0 saturated heterocycles. The summed E-state index contributed by atoms with van der Waals surface area (Å²) < 4.78 is 5.07. The van der Waals surface area contributed by atoms with Crippen LogP contribution in [0, 0.1) is 13.8 Å². The Morgan fingerprint density at radius 2 is 2.20 bits per heavy atom. The van der Waals surface area contributed by atoms with Crippen molar-refractivity contribution in [3.05, 3.63) is 23.2 Å². The van der Waals surface area contributed by atoms with Crippen LogP contribution in [0.3, 0.4) is 0 Å². The molecular weight excluding hydrogens is 130 g/mol. The van der Waals surface area contributed by atoms with Crippen molar-refractivity contribution in [1.29, 1.82) is 0 Å². The molecule has 1 amide bonds. The summed E-state index contributed by atoms with van der Waals surface area (Å²) in [5, 5.41) is 0. The zero-order chi connectivity index (χ0) is 7.72. The van der Waals surface area contributed by atoms with E-state index in [9.17, 15) is 4.79 Å². The molecule has 0 spiro atoms. The van der Waals surface area contributed by atoms with Crippen LogP contribution in [0.2, 0.25) is 0 Å². The number of nitrogens with two attached hydrogens (primary N) is 1. The van der Waals surface area contributed by atoms with Crippen molar-refractivity contribution in [2.24, 2.45) is 5.73 Å². The topological polar surface area (TPSA) is 56.2 Å². The van der Waals surface area contributed by atoms with Crippen molar-refractivity contribution in [2.75, 3.05) is 0 Å². The Bertz CT molecular complexity index is 263. The third-order valence-corrected chi connectivity index (χ3v) is 1.31. The van der Waals surface area contributed by atoms with Gasteiger partial charge in [-0.25, -0.2) is 0 Å². The largest absolute Gasteiger partial charge is 0.466 e. The molecule has 0 fully saturated rings. The molecule has 0 aliphatic carbocycles. The van der Waals surface area contributed by atoms with Crippen LogP contribution in [-0.2, 0) is 0 Å². The molecule has 0 unspecified atom stereocenters. The molecule has 0 radical (unpaired) electrons. The van der Waals surface area contributed by atoms with E-state index in [2.05, 4.69) is 0 Å². The lowest BCUT2D eigenvalue weighted by Gasteiger charge is -1.86. The van der Waals surface area contributed by atoms with E-state index >= 15 is 0 Å². The summed E-state index contributed by atoms with van der Waals surface area (Å²) in [5.74, 6) is 0.866. The SMILES string of the molecule is Cc1cc(C(N)=O)c(C)o1. The van der Waals surface area contributed by atoms with E-state index in [1.54, 1.807) is 19.9 Å². The van der Waals surface area contributed by atoms with Gasteiger partial charge in [0.25, 0.3) is 5.91 Å². The Kier molecular flexibility index (Phi) is 1.49. The number of rotatable bonds is 1. The molecule has 0 aromatic carbocycles. The van der Waals surface area contributed by atoms with E-state index in [0.29, 0.717) is 17.1 Å². The highest BCUT2D eigenvalue weighted by molar-refractivity contribution is 5.93. The number of primary amides is 1. The van der Waals surface area contributed by atoms with Crippen LogP contribution in [0.25, 0.3) is 0 Å². The molecule has 1 aromatic rings. The van der Waals surface area contributed by atoms with E-state index < -0.39 is 5.91 Å². The van der Waals surface area contributed by atoms with Crippen LogP contribution in [0.5, 0.6) is 0 Å². The quantitative estimate of drug-likeness (QED) is 0.630. The van der Waals surface area contributed by atoms with E-state index in [0.717, 1.165) is 0 Å². The van der Waals surface area contributed by atoms with Crippen LogP contribution >= 0.6 is 0 Å². The zero-order valence-corrected chi connectivity index (χ0v) is 5.97. The van der Waals surface area contributed by atoms with Gasteiger partial charge in [0.15, 0.2) is 0 Å². The molecule has 3 heteroatoms. The smallest absolute Gasteiger partial charge is 0.252 e. The van der Waals surface area contributed by atoms with Gasteiger partial charge in [0, 0.05) is 0 Å². The zero-order valence-electron chi connectivity index (χ0n) is 5.97. The maximum Gasteiger partial charge on any atom is 0.252 e. The Labute approximate surface area is 58.8 Å². The average molecular weight is 139 g/mol. The highest BCUT2D eigenvalue weighted by Gasteiger charge is 2.08. The fourth-order valence-electron chi connectivity index (χ4n) is 0.875. The van der Waals surface area contributed by atoms with E-state index in [1.165, 1.54) is 0 Å². The predicted octanol–water partition coefficient (Wildman–Crippen LogP) is 0.995. The summed E-state index contributed by atoms with van der Waals surface area (Å²) in [6, 6.07) is 1.64. The summed E-state index contributed by atoms with van der Waals surface area (Å²) in [5.41, 5.74) is 5.50. The van der Waals surface area contributed by atoms with Crippen molar-refractivity contribution < 1.29 is 9.21 Å². The second-order valence-electron chi connectivity index (χ2n) is 2.19. The minimum Gasteiger partial charge on any atom is -0.466 e. The molecule has 0 bridgehead atoms. The molecule has 3 nitrogen and oxygen atoms in total. The molecule has 1 rings (SSSR count). The van der Waals surface area contributed by atoms with Gasteiger partial charge in [0.05, 0.1) is 5.56 Å². The lowest BCUT2D eigenvalue weighted by Crippen LogP contribution is -2.10. The van der Waals surface area contributed by atoms with Gasteiger partial charge in [-0.1, -0.05) is 0 Å². The number of hydrogen-bond acceptors (Lipinski definition) is 2. The second-order valence-corrected chi connectivity index (χ2v) is 2.19. The van der Waals surface area contributed by atoms with Crippen molar-refractivity contribution in [3.63, 3.8) is 0 Å². The third-order valence-electron chi connectivity index (χ3n) is 1.31. The monoisotopic (exact) mass is 139 g/mol. The minimum absolute atomic E-state index is 0.436. The first-order valence-electron chi connectivity index (χ1n) is 2.98. The molecule has 1 aromatic heterocycles. The van der Waals surface area contributed by atoms with Gasteiger partial charge >= 0.3 is 0 Å². The summed E-state index contributed by atoms with van der Waals surface area (Å²) in [6.45, 7) is 3.49. The molecule has 0 aliphatic rings.